The lowest BCUT2D eigenvalue weighted by atomic mass is 10.2. The van der Waals surface area contributed by atoms with Crippen LogP contribution in [0.4, 0.5) is 23.2 Å². The summed E-state index contributed by atoms with van der Waals surface area (Å²) in [5.41, 5.74) is 0.331. The van der Waals surface area contributed by atoms with E-state index in [-0.39, 0.29) is 23.1 Å². The fourth-order valence-electron chi connectivity index (χ4n) is 3.38. The Morgan fingerprint density at radius 1 is 1.16 bits per heavy atom. The molecule has 1 aliphatic rings. The second-order valence-corrected chi connectivity index (χ2v) is 7.65. The third kappa shape index (κ3) is 4.05. The third-order valence-corrected chi connectivity index (χ3v) is 5.11. The molecule has 1 aromatic carbocycles. The summed E-state index contributed by atoms with van der Waals surface area (Å²) < 4.78 is 55.8. The molecule has 0 unspecified atom stereocenters. The predicted molar refractivity (Wildman–Crippen MR) is 106 cm³/mol. The maximum atomic E-state index is 13.5. The van der Waals surface area contributed by atoms with Crippen LogP contribution in [-0.2, 0) is 12.7 Å². The fourth-order valence-corrected chi connectivity index (χ4v) is 3.38. The quantitative estimate of drug-likeness (QED) is 0.467. The number of nitrogens with one attached hydrogen (secondary N) is 1. The zero-order valence-corrected chi connectivity index (χ0v) is 16.5. The van der Waals surface area contributed by atoms with Crippen molar-refractivity contribution in [2.45, 2.75) is 31.5 Å². The molecule has 32 heavy (non-hydrogen) atoms. The van der Waals surface area contributed by atoms with Crippen LogP contribution in [0.2, 0.25) is 0 Å². The second-order valence-electron chi connectivity index (χ2n) is 7.65. The van der Waals surface area contributed by atoms with Crippen molar-refractivity contribution in [3.05, 3.63) is 77.3 Å². The lowest BCUT2D eigenvalue weighted by Crippen LogP contribution is -2.16. The first kappa shape index (κ1) is 20.2. The topological polar surface area (TPSA) is 77.1 Å². The fraction of sp³-hybridized carbons (Fsp3) is 0.238. The first-order valence-electron chi connectivity index (χ1n) is 9.82. The maximum Gasteiger partial charge on any atom is 0.433 e. The van der Waals surface area contributed by atoms with Crippen LogP contribution in [0.5, 0.6) is 0 Å². The third-order valence-electron chi connectivity index (χ3n) is 5.11. The number of hydrogen-bond acceptors (Lipinski definition) is 4. The summed E-state index contributed by atoms with van der Waals surface area (Å²) in [4.78, 5) is 16.9. The van der Waals surface area contributed by atoms with Gasteiger partial charge < -0.3 is 5.32 Å². The normalized spacial score (nSPS) is 14.1. The highest BCUT2D eigenvalue weighted by Gasteiger charge is 2.37. The van der Waals surface area contributed by atoms with Gasteiger partial charge in [0.2, 0.25) is 0 Å². The summed E-state index contributed by atoms with van der Waals surface area (Å²) in [7, 11) is 0. The Bertz CT molecular complexity index is 1300. The molecule has 0 radical (unpaired) electrons. The number of hydrogen-bond donors (Lipinski definition) is 1. The molecule has 1 fully saturated rings. The van der Waals surface area contributed by atoms with Gasteiger partial charge in [-0.2, -0.15) is 23.4 Å². The molecule has 0 atom stereocenters. The van der Waals surface area contributed by atoms with E-state index in [9.17, 15) is 22.4 Å². The summed E-state index contributed by atoms with van der Waals surface area (Å²) in [5.74, 6) is -1.01. The molecule has 11 heteroatoms. The van der Waals surface area contributed by atoms with E-state index >= 15 is 0 Å². The molecule has 3 aromatic heterocycles. The van der Waals surface area contributed by atoms with Crippen LogP contribution in [0.15, 0.2) is 48.8 Å². The standard InChI is InChI=1S/C21H16F4N6O/c22-14-5-1-12(2-6-14)10-30-11-15(9-26-30)27-20(32)17-8-19-28-16(13-3-4-13)7-18(21(23,24)25)31(19)29-17/h1-2,5-9,11,13H,3-4,10H2,(H,27,32). The van der Waals surface area contributed by atoms with E-state index in [1.807, 2.05) is 0 Å². The number of halogens is 4. The minimum absolute atomic E-state index is 0.0141. The molecule has 0 aliphatic heterocycles. The Morgan fingerprint density at radius 3 is 2.59 bits per heavy atom. The number of alkyl halides is 3. The molecule has 1 amide bonds. The van der Waals surface area contributed by atoms with Gasteiger partial charge in [0, 0.05) is 23.9 Å². The van der Waals surface area contributed by atoms with Gasteiger partial charge in [0.1, 0.15) is 11.5 Å². The van der Waals surface area contributed by atoms with Gasteiger partial charge in [0.25, 0.3) is 5.91 Å². The van der Waals surface area contributed by atoms with E-state index in [4.69, 9.17) is 0 Å². The second kappa shape index (κ2) is 7.43. The van der Waals surface area contributed by atoms with Crippen LogP contribution in [0.1, 0.15) is 46.2 Å². The summed E-state index contributed by atoms with van der Waals surface area (Å²) in [5, 5.41) is 10.5. The van der Waals surface area contributed by atoms with Gasteiger partial charge in [-0.15, -0.1) is 0 Å². The Labute approximate surface area is 178 Å². The van der Waals surface area contributed by atoms with Crippen molar-refractivity contribution < 1.29 is 22.4 Å². The Hall–Kier alpha value is -3.76. The Morgan fingerprint density at radius 2 is 1.91 bits per heavy atom. The van der Waals surface area contributed by atoms with E-state index < -0.39 is 17.8 Å². The summed E-state index contributed by atoms with van der Waals surface area (Å²) in [6, 6.07) is 8.14. The minimum atomic E-state index is -4.63. The van der Waals surface area contributed by atoms with Gasteiger partial charge in [0.15, 0.2) is 11.3 Å². The van der Waals surface area contributed by atoms with Crippen LogP contribution in [0.25, 0.3) is 5.65 Å². The number of nitrogens with zero attached hydrogens (tertiary/aromatic N) is 5. The van der Waals surface area contributed by atoms with Gasteiger partial charge in [-0.3, -0.25) is 9.48 Å². The molecular weight excluding hydrogens is 428 g/mol. The number of rotatable bonds is 5. The molecule has 7 nitrogen and oxygen atoms in total. The van der Waals surface area contributed by atoms with E-state index in [2.05, 4.69) is 20.5 Å². The van der Waals surface area contributed by atoms with Crippen molar-refractivity contribution in [1.29, 1.82) is 0 Å². The predicted octanol–water partition coefficient (Wildman–Crippen LogP) is 4.26. The molecule has 4 aromatic rings. The molecule has 1 aliphatic carbocycles. The van der Waals surface area contributed by atoms with Gasteiger partial charge >= 0.3 is 6.18 Å². The maximum absolute atomic E-state index is 13.5. The average molecular weight is 444 g/mol. The van der Waals surface area contributed by atoms with Gasteiger partial charge in [-0.1, -0.05) is 12.1 Å². The van der Waals surface area contributed by atoms with Crippen LogP contribution in [-0.4, -0.2) is 30.3 Å². The number of amides is 1. The van der Waals surface area contributed by atoms with Crippen LogP contribution in [0, 0.1) is 5.82 Å². The van der Waals surface area contributed by atoms with Crippen molar-refractivity contribution >= 4 is 17.2 Å². The summed E-state index contributed by atoms with van der Waals surface area (Å²) in [6.45, 7) is 0.354. The summed E-state index contributed by atoms with van der Waals surface area (Å²) >= 11 is 0. The molecule has 0 spiro atoms. The van der Waals surface area contributed by atoms with Gasteiger partial charge in [-0.05, 0) is 36.6 Å². The lowest BCUT2D eigenvalue weighted by molar-refractivity contribution is -0.142. The largest absolute Gasteiger partial charge is 0.433 e. The first-order chi connectivity index (χ1) is 15.3. The Kier molecular flexibility index (Phi) is 4.68. The van der Waals surface area contributed by atoms with E-state index in [1.165, 1.54) is 29.1 Å². The van der Waals surface area contributed by atoms with Crippen molar-refractivity contribution in [3.8, 4) is 0 Å². The monoisotopic (exact) mass is 444 g/mol. The number of anilines is 1. The number of carbonyl (C=O) groups is 1. The van der Waals surface area contributed by atoms with Crippen LogP contribution in [0.3, 0.4) is 0 Å². The van der Waals surface area contributed by atoms with Crippen LogP contribution < -0.4 is 5.32 Å². The van der Waals surface area contributed by atoms with Crippen molar-refractivity contribution in [2.75, 3.05) is 5.32 Å². The van der Waals surface area contributed by atoms with Crippen molar-refractivity contribution in [1.82, 2.24) is 24.4 Å². The van der Waals surface area contributed by atoms with Gasteiger partial charge in [0.05, 0.1) is 18.4 Å². The first-order valence-corrected chi connectivity index (χ1v) is 9.82. The SMILES string of the molecule is O=C(Nc1cnn(Cc2ccc(F)cc2)c1)c1cc2nc(C3CC3)cc(C(F)(F)F)n2n1. The smallest absolute Gasteiger partial charge is 0.318 e. The van der Waals surface area contributed by atoms with Gasteiger partial charge in [-0.25, -0.2) is 13.9 Å². The zero-order chi connectivity index (χ0) is 22.5. The van der Waals surface area contributed by atoms with Crippen molar-refractivity contribution in [2.24, 2.45) is 0 Å². The van der Waals surface area contributed by atoms with Crippen molar-refractivity contribution in [3.63, 3.8) is 0 Å². The molecule has 3 heterocycles. The molecule has 0 saturated heterocycles. The van der Waals surface area contributed by atoms with Crippen LogP contribution >= 0.6 is 0 Å². The number of aromatic nitrogens is 5. The molecule has 0 bridgehead atoms. The van der Waals surface area contributed by atoms with E-state index in [1.54, 1.807) is 18.3 Å². The summed E-state index contributed by atoms with van der Waals surface area (Å²) in [6.07, 6.45) is -0.0801. The molecule has 5 rings (SSSR count). The minimum Gasteiger partial charge on any atom is -0.318 e. The highest BCUT2D eigenvalue weighted by Crippen LogP contribution is 2.41. The molecule has 164 valence electrons. The highest BCUT2D eigenvalue weighted by atomic mass is 19.4. The molecule has 1 N–H and O–H groups in total. The lowest BCUT2D eigenvalue weighted by Gasteiger charge is -2.10. The highest BCUT2D eigenvalue weighted by molar-refractivity contribution is 6.03. The Balaban J connectivity index is 1.37. The van der Waals surface area contributed by atoms with E-state index in [0.29, 0.717) is 22.4 Å². The molecular formula is C21H16F4N6O. The number of fused-ring (bicyclic) bond motifs is 1. The van der Waals surface area contributed by atoms with E-state index in [0.717, 1.165) is 24.5 Å². The average Bonchev–Trinajstić information content (AvgIpc) is 3.35. The zero-order valence-electron chi connectivity index (χ0n) is 16.5. The number of carbonyl (C=O) groups excluding carboxylic acids is 1. The molecule has 1 saturated carbocycles. The number of benzene rings is 1.